The first-order valence-electron chi connectivity index (χ1n) is 6.39. The lowest BCUT2D eigenvalue weighted by Crippen LogP contribution is -2.09. The number of hydrogen-bond donors (Lipinski definition) is 2. The molecule has 0 aliphatic heterocycles. The van der Waals surface area contributed by atoms with Crippen LogP contribution >= 0.6 is 0 Å². The fourth-order valence-corrected chi connectivity index (χ4v) is 2.18. The Morgan fingerprint density at radius 2 is 2.17 bits per heavy atom. The van der Waals surface area contributed by atoms with E-state index in [-0.39, 0.29) is 5.91 Å². The maximum Gasteiger partial charge on any atom is 0.300 e. The van der Waals surface area contributed by atoms with Crippen molar-refractivity contribution in [1.29, 1.82) is 0 Å². The molecule has 0 saturated heterocycles. The van der Waals surface area contributed by atoms with Gasteiger partial charge in [0.1, 0.15) is 0 Å². The molecule has 1 aliphatic carbocycles. The molecule has 1 aromatic carbocycles. The Morgan fingerprint density at radius 1 is 1.39 bits per heavy atom. The van der Waals surface area contributed by atoms with E-state index in [1.54, 1.807) is 0 Å². The maximum absolute atomic E-state index is 11.7. The molecule has 0 heterocycles. The third-order valence-electron chi connectivity index (χ3n) is 3.17. The van der Waals surface area contributed by atoms with Crippen molar-refractivity contribution in [3.63, 3.8) is 0 Å². The topological polar surface area (TPSA) is 55.1 Å². The molecular formula is C15H18N2O. The van der Waals surface area contributed by atoms with Gasteiger partial charge in [-0.2, -0.15) is 0 Å². The zero-order valence-electron chi connectivity index (χ0n) is 10.4. The highest BCUT2D eigenvalue weighted by molar-refractivity contribution is 6.04. The Balaban J connectivity index is 1.93. The first-order chi connectivity index (χ1) is 8.78. The Kier molecular flexibility index (Phi) is 4.38. The van der Waals surface area contributed by atoms with E-state index in [4.69, 9.17) is 5.73 Å². The van der Waals surface area contributed by atoms with E-state index >= 15 is 0 Å². The molecule has 2 rings (SSSR count). The van der Waals surface area contributed by atoms with Gasteiger partial charge in [-0.25, -0.2) is 0 Å². The summed E-state index contributed by atoms with van der Waals surface area (Å²) < 4.78 is 0. The zero-order valence-corrected chi connectivity index (χ0v) is 10.4. The van der Waals surface area contributed by atoms with Crippen LogP contribution in [0.5, 0.6) is 0 Å². The van der Waals surface area contributed by atoms with Crippen LogP contribution in [-0.4, -0.2) is 5.91 Å². The third-order valence-corrected chi connectivity index (χ3v) is 3.17. The van der Waals surface area contributed by atoms with E-state index < -0.39 is 0 Å². The molecule has 94 valence electrons. The highest BCUT2D eigenvalue weighted by atomic mass is 16.1. The van der Waals surface area contributed by atoms with Crippen LogP contribution in [0.25, 0.3) is 0 Å². The number of carbonyl (C=O) groups is 1. The number of hydrogen-bond acceptors (Lipinski definition) is 2. The van der Waals surface area contributed by atoms with Crippen molar-refractivity contribution in [3.8, 4) is 11.8 Å². The molecule has 3 heteroatoms. The van der Waals surface area contributed by atoms with Gasteiger partial charge >= 0.3 is 0 Å². The highest BCUT2D eigenvalue weighted by Crippen LogP contribution is 2.23. The molecule has 18 heavy (non-hydrogen) atoms. The van der Waals surface area contributed by atoms with Gasteiger partial charge in [0, 0.05) is 18.2 Å². The average molecular weight is 242 g/mol. The molecule has 3 nitrogen and oxygen atoms in total. The third kappa shape index (κ3) is 3.61. The number of carbonyl (C=O) groups excluding carboxylic acids is 1. The lowest BCUT2D eigenvalue weighted by atomic mass is 10.1. The normalized spacial score (nSPS) is 14.9. The molecule has 0 aromatic heterocycles. The minimum Gasteiger partial charge on any atom is -0.326 e. The van der Waals surface area contributed by atoms with E-state index in [2.05, 4.69) is 17.2 Å². The largest absolute Gasteiger partial charge is 0.326 e. The number of benzene rings is 1. The predicted octanol–water partition coefficient (Wildman–Crippen LogP) is 2.28. The first-order valence-corrected chi connectivity index (χ1v) is 6.39. The minimum absolute atomic E-state index is 0.240. The van der Waals surface area contributed by atoms with Gasteiger partial charge in [0.25, 0.3) is 5.91 Å². The summed E-state index contributed by atoms with van der Waals surface area (Å²) >= 11 is 0. The Hall–Kier alpha value is -1.79. The molecule has 0 radical (unpaired) electrons. The molecule has 3 N–H and O–H groups in total. The number of nitrogens with one attached hydrogen (secondary N) is 1. The lowest BCUT2D eigenvalue weighted by molar-refractivity contribution is -0.111. The van der Waals surface area contributed by atoms with Crippen LogP contribution in [-0.2, 0) is 11.3 Å². The maximum atomic E-state index is 11.7. The Labute approximate surface area is 108 Å². The number of anilines is 1. The van der Waals surface area contributed by atoms with Gasteiger partial charge < -0.3 is 11.1 Å². The summed E-state index contributed by atoms with van der Waals surface area (Å²) in [5.41, 5.74) is 7.30. The zero-order chi connectivity index (χ0) is 12.8. The van der Waals surface area contributed by atoms with Gasteiger partial charge in [-0.3, -0.25) is 4.79 Å². The molecule has 0 bridgehead atoms. The van der Waals surface area contributed by atoms with Gasteiger partial charge in [-0.15, -0.1) is 0 Å². The van der Waals surface area contributed by atoms with Crippen molar-refractivity contribution in [2.75, 3.05) is 5.32 Å². The molecule has 0 spiro atoms. The van der Waals surface area contributed by atoms with Crippen LogP contribution in [0.15, 0.2) is 24.3 Å². The summed E-state index contributed by atoms with van der Waals surface area (Å²) in [6.45, 7) is 0.470. The van der Waals surface area contributed by atoms with E-state index in [0.717, 1.165) is 24.1 Å². The van der Waals surface area contributed by atoms with Crippen LogP contribution in [0, 0.1) is 17.8 Å². The van der Waals surface area contributed by atoms with Crippen molar-refractivity contribution >= 4 is 11.6 Å². The number of rotatable bonds is 2. The van der Waals surface area contributed by atoms with Crippen molar-refractivity contribution in [3.05, 3.63) is 29.8 Å². The molecule has 1 saturated carbocycles. The summed E-state index contributed by atoms with van der Waals surface area (Å²) in [6.07, 6.45) is 4.73. The summed E-state index contributed by atoms with van der Waals surface area (Å²) in [5.74, 6) is 5.89. The molecule has 0 atom stereocenters. The van der Waals surface area contributed by atoms with E-state index in [0.29, 0.717) is 12.5 Å². The van der Waals surface area contributed by atoms with Gasteiger partial charge in [-0.05, 0) is 36.5 Å². The second-order valence-corrected chi connectivity index (χ2v) is 4.61. The van der Waals surface area contributed by atoms with E-state index in [1.807, 2.05) is 24.3 Å². The fraction of sp³-hybridized carbons (Fsp3) is 0.400. The molecule has 0 unspecified atom stereocenters. The average Bonchev–Trinajstić information content (AvgIpc) is 2.90. The minimum atomic E-state index is -0.240. The van der Waals surface area contributed by atoms with Gasteiger partial charge in [0.05, 0.1) is 0 Å². The smallest absolute Gasteiger partial charge is 0.300 e. The van der Waals surface area contributed by atoms with Gasteiger partial charge in [0.15, 0.2) is 0 Å². The molecular weight excluding hydrogens is 224 g/mol. The quantitative estimate of drug-likeness (QED) is 0.782. The summed E-state index contributed by atoms with van der Waals surface area (Å²) in [6, 6.07) is 7.52. The van der Waals surface area contributed by atoms with Gasteiger partial charge in [-0.1, -0.05) is 30.9 Å². The highest BCUT2D eigenvalue weighted by Gasteiger charge is 2.11. The fourth-order valence-electron chi connectivity index (χ4n) is 2.18. The van der Waals surface area contributed by atoms with Crippen molar-refractivity contribution in [1.82, 2.24) is 0 Å². The Bertz CT molecular complexity index is 479. The van der Waals surface area contributed by atoms with E-state index in [1.165, 1.54) is 12.8 Å². The summed E-state index contributed by atoms with van der Waals surface area (Å²) in [4.78, 5) is 11.7. The Morgan fingerprint density at radius 3 is 2.89 bits per heavy atom. The van der Waals surface area contributed by atoms with Crippen LogP contribution in [0.3, 0.4) is 0 Å². The van der Waals surface area contributed by atoms with Crippen molar-refractivity contribution in [2.45, 2.75) is 32.2 Å². The second-order valence-electron chi connectivity index (χ2n) is 4.61. The number of amides is 1. The molecule has 1 fully saturated rings. The van der Waals surface area contributed by atoms with E-state index in [9.17, 15) is 4.79 Å². The van der Waals surface area contributed by atoms with Crippen LogP contribution < -0.4 is 11.1 Å². The number of nitrogens with two attached hydrogens (primary N) is 1. The van der Waals surface area contributed by atoms with Crippen molar-refractivity contribution in [2.24, 2.45) is 11.7 Å². The molecule has 1 aliphatic rings. The molecule has 1 amide bonds. The SMILES string of the molecule is NCc1cccc(NC(=O)C#CC2CCCC2)c1. The molecule has 1 aromatic rings. The first kappa shape index (κ1) is 12.7. The van der Waals surface area contributed by atoms with Crippen LogP contribution in [0.1, 0.15) is 31.2 Å². The summed E-state index contributed by atoms with van der Waals surface area (Å²) in [7, 11) is 0. The van der Waals surface area contributed by atoms with Gasteiger partial charge in [0.2, 0.25) is 0 Å². The lowest BCUT2D eigenvalue weighted by Gasteiger charge is -2.03. The predicted molar refractivity (Wildman–Crippen MR) is 72.7 cm³/mol. The second kappa shape index (κ2) is 6.23. The van der Waals surface area contributed by atoms with Crippen LogP contribution in [0.4, 0.5) is 5.69 Å². The van der Waals surface area contributed by atoms with Crippen molar-refractivity contribution < 1.29 is 4.79 Å². The monoisotopic (exact) mass is 242 g/mol. The van der Waals surface area contributed by atoms with Crippen LogP contribution in [0.2, 0.25) is 0 Å². The summed E-state index contributed by atoms with van der Waals surface area (Å²) in [5, 5.41) is 2.77. The standard InChI is InChI=1S/C15H18N2O/c16-11-13-6-3-7-14(10-13)17-15(18)9-8-12-4-1-2-5-12/h3,6-7,10,12H,1-2,4-5,11,16H2,(H,17,18).